The van der Waals surface area contributed by atoms with Gasteiger partial charge in [0.2, 0.25) is 15.8 Å². The lowest BCUT2D eigenvalue weighted by Crippen LogP contribution is -2.37. The first kappa shape index (κ1) is 15.2. The normalized spacial score (nSPS) is 17.1. The molecule has 1 aliphatic rings. The Labute approximate surface area is 120 Å². The van der Waals surface area contributed by atoms with Crippen molar-refractivity contribution < 1.29 is 17.7 Å². The van der Waals surface area contributed by atoms with Crippen molar-refractivity contribution in [3.8, 4) is 0 Å². The van der Waals surface area contributed by atoms with Crippen LogP contribution >= 0.6 is 11.8 Å². The van der Waals surface area contributed by atoms with E-state index in [0.717, 1.165) is 12.1 Å². The molecule has 0 aromatic heterocycles. The van der Waals surface area contributed by atoms with Crippen molar-refractivity contribution in [3.63, 3.8) is 0 Å². The zero-order valence-electron chi connectivity index (χ0n) is 10.7. The van der Waals surface area contributed by atoms with Gasteiger partial charge in [-0.1, -0.05) is 0 Å². The SMILES string of the molecule is Cc1cc(S(=O)(=O)N2CCSCC2)cc([N+](=O)[O-])c1F. The zero-order valence-corrected chi connectivity index (χ0v) is 12.3. The van der Waals surface area contributed by atoms with Gasteiger partial charge in [0.05, 0.1) is 9.82 Å². The Balaban J connectivity index is 2.49. The second kappa shape index (κ2) is 5.66. The summed E-state index contributed by atoms with van der Waals surface area (Å²) in [4.78, 5) is 9.65. The molecule has 20 heavy (non-hydrogen) atoms. The fraction of sp³-hybridized carbons (Fsp3) is 0.455. The van der Waals surface area contributed by atoms with E-state index >= 15 is 0 Å². The second-order valence-corrected chi connectivity index (χ2v) is 7.51. The van der Waals surface area contributed by atoms with Crippen LogP contribution in [0.4, 0.5) is 10.1 Å². The Morgan fingerprint density at radius 1 is 1.35 bits per heavy atom. The van der Waals surface area contributed by atoms with Crippen molar-refractivity contribution in [2.75, 3.05) is 24.6 Å². The maximum atomic E-state index is 13.6. The van der Waals surface area contributed by atoms with Gasteiger partial charge in [-0.3, -0.25) is 10.1 Å². The number of hydrogen-bond acceptors (Lipinski definition) is 5. The Morgan fingerprint density at radius 3 is 2.50 bits per heavy atom. The molecule has 0 aliphatic carbocycles. The number of rotatable bonds is 3. The minimum absolute atomic E-state index is 0.0517. The zero-order chi connectivity index (χ0) is 14.9. The number of nitro groups is 1. The third kappa shape index (κ3) is 2.79. The predicted molar refractivity (Wildman–Crippen MR) is 73.9 cm³/mol. The van der Waals surface area contributed by atoms with Crippen molar-refractivity contribution in [1.82, 2.24) is 4.31 Å². The molecular weight excluding hydrogens is 307 g/mol. The smallest absolute Gasteiger partial charge is 0.258 e. The van der Waals surface area contributed by atoms with Crippen LogP contribution in [-0.4, -0.2) is 42.2 Å². The van der Waals surface area contributed by atoms with E-state index in [1.165, 1.54) is 11.2 Å². The van der Waals surface area contributed by atoms with Crippen LogP contribution in [0.25, 0.3) is 0 Å². The molecule has 0 spiro atoms. The van der Waals surface area contributed by atoms with Crippen LogP contribution in [0.3, 0.4) is 0 Å². The minimum atomic E-state index is -3.81. The van der Waals surface area contributed by atoms with E-state index in [2.05, 4.69) is 0 Å². The van der Waals surface area contributed by atoms with Crippen molar-refractivity contribution in [2.45, 2.75) is 11.8 Å². The van der Waals surface area contributed by atoms with Crippen molar-refractivity contribution >= 4 is 27.5 Å². The summed E-state index contributed by atoms with van der Waals surface area (Å²) in [5, 5.41) is 10.8. The number of hydrogen-bond donors (Lipinski definition) is 0. The van der Waals surface area contributed by atoms with Crippen LogP contribution in [-0.2, 0) is 10.0 Å². The van der Waals surface area contributed by atoms with Crippen molar-refractivity contribution in [3.05, 3.63) is 33.6 Å². The molecule has 2 rings (SSSR count). The largest absolute Gasteiger partial charge is 0.306 e. The summed E-state index contributed by atoms with van der Waals surface area (Å²) >= 11 is 1.65. The van der Waals surface area contributed by atoms with Crippen LogP contribution in [0.1, 0.15) is 5.56 Å². The number of nitrogens with zero attached hydrogens (tertiary/aromatic N) is 2. The van der Waals surface area contributed by atoms with Gasteiger partial charge >= 0.3 is 5.69 Å². The van der Waals surface area contributed by atoms with Gasteiger partial charge in [-0.05, 0) is 18.6 Å². The molecule has 0 N–H and O–H groups in total. The van der Waals surface area contributed by atoms with Gasteiger partial charge in [0.15, 0.2) is 0 Å². The lowest BCUT2D eigenvalue weighted by molar-refractivity contribution is -0.387. The van der Waals surface area contributed by atoms with Gasteiger partial charge in [0.1, 0.15) is 0 Å². The highest BCUT2D eigenvalue weighted by atomic mass is 32.2. The Morgan fingerprint density at radius 2 is 1.95 bits per heavy atom. The van der Waals surface area contributed by atoms with Crippen LogP contribution < -0.4 is 0 Å². The van der Waals surface area contributed by atoms with Gasteiger partial charge in [0.25, 0.3) is 0 Å². The first-order chi connectivity index (χ1) is 9.34. The minimum Gasteiger partial charge on any atom is -0.258 e. The van der Waals surface area contributed by atoms with Gasteiger partial charge < -0.3 is 0 Å². The van der Waals surface area contributed by atoms with E-state index in [0.29, 0.717) is 24.6 Å². The first-order valence-electron chi connectivity index (χ1n) is 5.86. The van der Waals surface area contributed by atoms with Crippen LogP contribution in [0.5, 0.6) is 0 Å². The highest BCUT2D eigenvalue weighted by molar-refractivity contribution is 7.99. The van der Waals surface area contributed by atoms with Gasteiger partial charge in [0, 0.05) is 30.7 Å². The molecule has 9 heteroatoms. The molecular formula is C11H13FN2O4S2. The monoisotopic (exact) mass is 320 g/mol. The molecule has 1 aromatic rings. The van der Waals surface area contributed by atoms with Gasteiger partial charge in [-0.15, -0.1) is 0 Å². The predicted octanol–water partition coefficient (Wildman–Crippen LogP) is 1.78. The summed E-state index contributed by atoms with van der Waals surface area (Å²) in [6.07, 6.45) is 0. The average molecular weight is 320 g/mol. The molecule has 1 aromatic carbocycles. The second-order valence-electron chi connectivity index (χ2n) is 4.35. The Kier molecular flexibility index (Phi) is 4.31. The molecule has 1 saturated heterocycles. The topological polar surface area (TPSA) is 80.5 Å². The molecule has 0 unspecified atom stereocenters. The lowest BCUT2D eigenvalue weighted by Gasteiger charge is -2.25. The first-order valence-corrected chi connectivity index (χ1v) is 8.46. The summed E-state index contributed by atoms with van der Waals surface area (Å²) in [5.74, 6) is 0.367. The molecule has 1 heterocycles. The fourth-order valence-corrected chi connectivity index (χ4v) is 4.62. The summed E-state index contributed by atoms with van der Waals surface area (Å²) in [6.45, 7) is 2.03. The number of aryl methyl sites for hydroxylation is 1. The van der Waals surface area contributed by atoms with E-state index in [-0.39, 0.29) is 10.5 Å². The molecule has 1 aliphatic heterocycles. The highest BCUT2D eigenvalue weighted by Gasteiger charge is 2.29. The fourth-order valence-electron chi connectivity index (χ4n) is 1.94. The van der Waals surface area contributed by atoms with Crippen LogP contribution in [0.15, 0.2) is 17.0 Å². The molecule has 1 fully saturated rings. The number of thioether (sulfide) groups is 1. The summed E-state index contributed by atoms with van der Waals surface area (Å²) in [5.41, 5.74) is -0.862. The number of nitro benzene ring substituents is 1. The quantitative estimate of drug-likeness (QED) is 0.626. The maximum Gasteiger partial charge on any atom is 0.306 e. The third-order valence-corrected chi connectivity index (χ3v) is 5.83. The molecule has 0 amide bonds. The number of benzene rings is 1. The molecule has 0 radical (unpaired) electrons. The maximum absolute atomic E-state index is 13.6. The van der Waals surface area contributed by atoms with Gasteiger partial charge in [-0.25, -0.2) is 8.42 Å². The Bertz CT molecular complexity index is 642. The van der Waals surface area contributed by atoms with Crippen LogP contribution in [0, 0.1) is 22.9 Å². The summed E-state index contributed by atoms with van der Waals surface area (Å²) < 4.78 is 39.7. The third-order valence-electron chi connectivity index (χ3n) is 3.01. The highest BCUT2D eigenvalue weighted by Crippen LogP contribution is 2.28. The van der Waals surface area contributed by atoms with E-state index in [1.54, 1.807) is 11.8 Å². The molecule has 0 bridgehead atoms. The van der Waals surface area contributed by atoms with Gasteiger partial charge in [-0.2, -0.15) is 20.5 Å². The van der Waals surface area contributed by atoms with E-state index < -0.39 is 26.5 Å². The standard InChI is InChI=1S/C11H13FN2O4S2/c1-8-6-9(7-10(11(8)12)14(15)16)20(17,18)13-2-4-19-5-3-13/h6-7H,2-5H2,1H3. The number of sulfonamides is 1. The molecule has 6 nitrogen and oxygen atoms in total. The number of halogens is 1. The summed E-state index contributed by atoms with van der Waals surface area (Å²) in [6, 6.07) is 1.93. The molecule has 0 atom stereocenters. The summed E-state index contributed by atoms with van der Waals surface area (Å²) in [7, 11) is -3.81. The van der Waals surface area contributed by atoms with E-state index in [9.17, 15) is 22.9 Å². The molecule has 110 valence electrons. The average Bonchev–Trinajstić information content (AvgIpc) is 2.42. The molecule has 0 saturated carbocycles. The van der Waals surface area contributed by atoms with E-state index in [1.807, 2.05) is 0 Å². The lowest BCUT2D eigenvalue weighted by atomic mass is 10.2. The van der Waals surface area contributed by atoms with Crippen molar-refractivity contribution in [2.24, 2.45) is 0 Å². The Hall–Kier alpha value is -1.19. The van der Waals surface area contributed by atoms with E-state index in [4.69, 9.17) is 0 Å². The van der Waals surface area contributed by atoms with Crippen molar-refractivity contribution in [1.29, 1.82) is 0 Å². The van der Waals surface area contributed by atoms with Crippen LogP contribution in [0.2, 0.25) is 0 Å².